The number of hydrogen-bond donors (Lipinski definition) is 2. The van der Waals surface area contributed by atoms with E-state index in [2.05, 4.69) is 10.9 Å². The van der Waals surface area contributed by atoms with Crippen LogP contribution < -0.4 is 15.6 Å². The lowest BCUT2D eigenvalue weighted by Gasteiger charge is -2.15. The third-order valence-corrected chi connectivity index (χ3v) is 3.56. The highest BCUT2D eigenvalue weighted by atomic mass is 35.5. The van der Waals surface area contributed by atoms with Crippen molar-refractivity contribution in [2.75, 3.05) is 0 Å². The molecule has 126 valence electrons. The number of hydrazine groups is 1. The van der Waals surface area contributed by atoms with E-state index < -0.39 is 12.0 Å². The Bertz CT molecular complexity index is 674. The second kappa shape index (κ2) is 8.93. The van der Waals surface area contributed by atoms with Crippen LogP contribution in [0.25, 0.3) is 0 Å². The van der Waals surface area contributed by atoms with Gasteiger partial charge < -0.3 is 4.74 Å². The molecule has 0 aliphatic heterocycles. The lowest BCUT2D eigenvalue weighted by atomic mass is 10.1. The molecular weight excluding hydrogens is 328 g/mol. The molecule has 5 nitrogen and oxygen atoms in total. The van der Waals surface area contributed by atoms with E-state index in [0.29, 0.717) is 17.2 Å². The first-order valence-electron chi connectivity index (χ1n) is 7.59. The zero-order chi connectivity index (χ0) is 17.4. The number of amides is 2. The van der Waals surface area contributed by atoms with E-state index in [1.165, 1.54) is 0 Å². The Morgan fingerprint density at radius 2 is 1.71 bits per heavy atom. The quantitative estimate of drug-likeness (QED) is 0.790. The number of benzene rings is 2. The van der Waals surface area contributed by atoms with Crippen LogP contribution in [0.15, 0.2) is 54.6 Å². The van der Waals surface area contributed by atoms with Crippen molar-refractivity contribution in [3.63, 3.8) is 0 Å². The highest BCUT2D eigenvalue weighted by molar-refractivity contribution is 6.30. The number of carbonyl (C=O) groups is 2. The molecule has 0 saturated carbocycles. The van der Waals surface area contributed by atoms with Crippen LogP contribution in [0.5, 0.6) is 5.75 Å². The zero-order valence-corrected chi connectivity index (χ0v) is 14.0. The van der Waals surface area contributed by atoms with Crippen LogP contribution in [0.1, 0.15) is 18.9 Å². The summed E-state index contributed by atoms with van der Waals surface area (Å²) in [7, 11) is 0. The summed E-state index contributed by atoms with van der Waals surface area (Å²) in [5, 5.41) is 0.588. The Hall–Kier alpha value is -2.53. The van der Waals surface area contributed by atoms with Gasteiger partial charge in [0.15, 0.2) is 6.10 Å². The number of nitrogens with one attached hydrogen (secondary N) is 2. The van der Waals surface area contributed by atoms with Gasteiger partial charge in [0.2, 0.25) is 5.91 Å². The minimum atomic E-state index is -0.749. The average molecular weight is 347 g/mol. The van der Waals surface area contributed by atoms with Crippen LogP contribution in [0.2, 0.25) is 5.02 Å². The van der Waals surface area contributed by atoms with Gasteiger partial charge in [-0.3, -0.25) is 20.4 Å². The van der Waals surface area contributed by atoms with Gasteiger partial charge in [0.1, 0.15) is 5.75 Å². The molecule has 2 aromatic carbocycles. The summed E-state index contributed by atoms with van der Waals surface area (Å²) in [6.07, 6.45) is 0.149. The molecule has 0 saturated heterocycles. The van der Waals surface area contributed by atoms with Crippen molar-refractivity contribution in [3.8, 4) is 5.75 Å². The van der Waals surface area contributed by atoms with Gasteiger partial charge >= 0.3 is 0 Å². The molecule has 0 radical (unpaired) electrons. The number of halogens is 1. The van der Waals surface area contributed by atoms with Crippen LogP contribution in [0, 0.1) is 0 Å². The van der Waals surface area contributed by atoms with Crippen molar-refractivity contribution >= 4 is 23.4 Å². The molecule has 0 spiro atoms. The van der Waals surface area contributed by atoms with Crippen LogP contribution in [0.4, 0.5) is 0 Å². The number of hydrogen-bond acceptors (Lipinski definition) is 3. The van der Waals surface area contributed by atoms with Crippen LogP contribution >= 0.6 is 11.6 Å². The average Bonchev–Trinajstić information content (AvgIpc) is 2.60. The van der Waals surface area contributed by atoms with E-state index >= 15 is 0 Å². The maximum Gasteiger partial charge on any atom is 0.279 e. The first-order chi connectivity index (χ1) is 11.5. The fourth-order valence-electron chi connectivity index (χ4n) is 1.97. The molecule has 6 heteroatoms. The summed E-state index contributed by atoms with van der Waals surface area (Å²) < 4.78 is 5.47. The van der Waals surface area contributed by atoms with E-state index in [9.17, 15) is 9.59 Å². The normalized spacial score (nSPS) is 11.4. The molecule has 2 aromatic rings. The standard InChI is InChI=1S/C18H19ClN2O3/c1-13(24-16-10-8-15(19)9-11-16)18(23)21-20-17(22)12-7-14-5-3-2-4-6-14/h2-6,8-11,13H,7,12H2,1H3,(H,20,22)(H,21,23). The van der Waals surface area contributed by atoms with Gasteiger partial charge in [-0.2, -0.15) is 0 Å². The Morgan fingerprint density at radius 1 is 1.04 bits per heavy atom. The monoisotopic (exact) mass is 346 g/mol. The van der Waals surface area contributed by atoms with E-state index in [4.69, 9.17) is 16.3 Å². The minimum Gasteiger partial charge on any atom is -0.481 e. The molecule has 0 heterocycles. The van der Waals surface area contributed by atoms with Gasteiger partial charge in [-0.25, -0.2) is 0 Å². The molecular formula is C18H19ClN2O3. The van der Waals surface area contributed by atoms with Gasteiger partial charge in [0.25, 0.3) is 5.91 Å². The van der Waals surface area contributed by atoms with Crippen molar-refractivity contribution in [3.05, 3.63) is 65.2 Å². The largest absolute Gasteiger partial charge is 0.481 e. The molecule has 0 aromatic heterocycles. The lowest BCUT2D eigenvalue weighted by molar-refractivity contribution is -0.132. The van der Waals surface area contributed by atoms with E-state index in [1.54, 1.807) is 31.2 Å². The first-order valence-corrected chi connectivity index (χ1v) is 7.97. The second-order valence-electron chi connectivity index (χ2n) is 5.24. The Balaban J connectivity index is 1.71. The molecule has 2 amide bonds. The molecule has 2 N–H and O–H groups in total. The summed E-state index contributed by atoms with van der Waals surface area (Å²) in [4.78, 5) is 23.7. The van der Waals surface area contributed by atoms with Gasteiger partial charge in [-0.15, -0.1) is 0 Å². The molecule has 2 rings (SSSR count). The Labute approximate surface area is 145 Å². The summed E-state index contributed by atoms with van der Waals surface area (Å²) >= 11 is 5.79. The van der Waals surface area contributed by atoms with Crippen molar-refractivity contribution in [2.24, 2.45) is 0 Å². The fourth-order valence-corrected chi connectivity index (χ4v) is 2.09. The number of rotatable bonds is 6. The van der Waals surface area contributed by atoms with E-state index in [-0.39, 0.29) is 12.3 Å². The van der Waals surface area contributed by atoms with Crippen LogP contribution in [-0.2, 0) is 16.0 Å². The zero-order valence-electron chi connectivity index (χ0n) is 13.3. The lowest BCUT2D eigenvalue weighted by Crippen LogP contribution is -2.47. The minimum absolute atomic E-state index is 0.258. The molecule has 1 atom stereocenters. The smallest absolute Gasteiger partial charge is 0.279 e. The predicted molar refractivity (Wildman–Crippen MR) is 92.6 cm³/mol. The molecule has 1 unspecified atom stereocenters. The number of ether oxygens (including phenoxy) is 1. The molecule has 24 heavy (non-hydrogen) atoms. The van der Waals surface area contributed by atoms with Crippen molar-refractivity contribution in [1.29, 1.82) is 0 Å². The summed E-state index contributed by atoms with van der Waals surface area (Å²) in [6, 6.07) is 16.4. The SMILES string of the molecule is CC(Oc1ccc(Cl)cc1)C(=O)NNC(=O)CCc1ccccc1. The summed E-state index contributed by atoms with van der Waals surface area (Å²) in [5.41, 5.74) is 5.82. The van der Waals surface area contributed by atoms with Crippen molar-refractivity contribution in [2.45, 2.75) is 25.9 Å². The maximum atomic E-state index is 11.9. The maximum absolute atomic E-state index is 11.9. The topological polar surface area (TPSA) is 67.4 Å². The van der Waals surface area contributed by atoms with Crippen LogP contribution in [0.3, 0.4) is 0 Å². The number of aryl methyl sites for hydroxylation is 1. The highest BCUT2D eigenvalue weighted by Crippen LogP contribution is 2.16. The molecule has 0 bridgehead atoms. The Morgan fingerprint density at radius 3 is 2.38 bits per heavy atom. The fraction of sp³-hybridized carbons (Fsp3) is 0.222. The Kier molecular flexibility index (Phi) is 6.63. The molecule has 0 aliphatic carbocycles. The third-order valence-electron chi connectivity index (χ3n) is 3.30. The van der Waals surface area contributed by atoms with Gasteiger partial charge in [-0.1, -0.05) is 41.9 Å². The summed E-state index contributed by atoms with van der Waals surface area (Å²) in [5.74, 6) is -0.165. The predicted octanol–water partition coefficient (Wildman–Crippen LogP) is 2.89. The van der Waals surface area contributed by atoms with Gasteiger partial charge in [0.05, 0.1) is 0 Å². The number of carbonyl (C=O) groups excluding carboxylic acids is 2. The van der Waals surface area contributed by atoms with E-state index in [0.717, 1.165) is 5.56 Å². The van der Waals surface area contributed by atoms with Crippen molar-refractivity contribution < 1.29 is 14.3 Å². The van der Waals surface area contributed by atoms with Gasteiger partial charge in [-0.05, 0) is 43.2 Å². The first kappa shape index (κ1) is 17.8. The van der Waals surface area contributed by atoms with Gasteiger partial charge in [0, 0.05) is 11.4 Å². The summed E-state index contributed by atoms with van der Waals surface area (Å²) in [6.45, 7) is 1.60. The molecule has 0 aliphatic rings. The van der Waals surface area contributed by atoms with Crippen LogP contribution in [-0.4, -0.2) is 17.9 Å². The second-order valence-corrected chi connectivity index (χ2v) is 5.67. The van der Waals surface area contributed by atoms with E-state index in [1.807, 2.05) is 30.3 Å². The highest BCUT2D eigenvalue weighted by Gasteiger charge is 2.15. The molecule has 0 fully saturated rings. The van der Waals surface area contributed by atoms with Crippen molar-refractivity contribution in [1.82, 2.24) is 10.9 Å². The third kappa shape index (κ3) is 5.93.